The smallest absolute Gasteiger partial charge is 0.251 e. The van der Waals surface area contributed by atoms with Gasteiger partial charge in [-0.3, -0.25) is 9.78 Å². The maximum absolute atomic E-state index is 12.9. The van der Waals surface area contributed by atoms with Gasteiger partial charge in [-0.2, -0.15) is 4.31 Å². The van der Waals surface area contributed by atoms with E-state index in [1.807, 2.05) is 12.1 Å². The van der Waals surface area contributed by atoms with Crippen LogP contribution in [0.5, 0.6) is 0 Å². The van der Waals surface area contributed by atoms with Crippen LogP contribution in [0, 0.1) is 11.8 Å². The summed E-state index contributed by atoms with van der Waals surface area (Å²) >= 11 is 0. The van der Waals surface area contributed by atoms with E-state index in [0.29, 0.717) is 37.0 Å². The third kappa shape index (κ3) is 4.73. The van der Waals surface area contributed by atoms with Crippen molar-refractivity contribution in [1.82, 2.24) is 14.6 Å². The molecule has 0 saturated carbocycles. The van der Waals surface area contributed by atoms with E-state index >= 15 is 0 Å². The maximum Gasteiger partial charge on any atom is 0.251 e. The van der Waals surface area contributed by atoms with Gasteiger partial charge in [0, 0.05) is 37.6 Å². The first-order valence-corrected chi connectivity index (χ1v) is 10.6. The Bertz CT molecular complexity index is 872. The van der Waals surface area contributed by atoms with E-state index in [2.05, 4.69) is 24.1 Å². The molecule has 1 aromatic heterocycles. The summed E-state index contributed by atoms with van der Waals surface area (Å²) in [6, 6.07) is 9.83. The van der Waals surface area contributed by atoms with Crippen molar-refractivity contribution in [2.24, 2.45) is 11.8 Å². The second-order valence-electron chi connectivity index (χ2n) is 7.34. The van der Waals surface area contributed by atoms with Gasteiger partial charge in [0.25, 0.3) is 5.91 Å². The first-order valence-electron chi connectivity index (χ1n) is 9.13. The van der Waals surface area contributed by atoms with Crippen LogP contribution in [0.4, 0.5) is 0 Å². The first kappa shape index (κ1) is 19.5. The molecule has 0 bridgehead atoms. The summed E-state index contributed by atoms with van der Waals surface area (Å²) in [7, 11) is -3.53. The molecule has 2 heterocycles. The summed E-state index contributed by atoms with van der Waals surface area (Å²) < 4.78 is 27.3. The predicted octanol–water partition coefficient (Wildman–Crippen LogP) is 2.68. The van der Waals surface area contributed by atoms with Crippen LogP contribution < -0.4 is 5.32 Å². The fraction of sp³-hybridized carbons (Fsp3) is 0.400. The van der Waals surface area contributed by atoms with Crippen LogP contribution in [-0.2, 0) is 16.6 Å². The van der Waals surface area contributed by atoms with Crippen LogP contribution in [0.2, 0.25) is 0 Å². The van der Waals surface area contributed by atoms with Gasteiger partial charge in [0.15, 0.2) is 0 Å². The Hall–Kier alpha value is -2.25. The molecule has 144 valence electrons. The van der Waals surface area contributed by atoms with Gasteiger partial charge in [-0.1, -0.05) is 19.9 Å². The van der Waals surface area contributed by atoms with Gasteiger partial charge in [0.1, 0.15) is 0 Å². The highest BCUT2D eigenvalue weighted by Gasteiger charge is 2.31. The van der Waals surface area contributed by atoms with Crippen molar-refractivity contribution in [1.29, 1.82) is 0 Å². The van der Waals surface area contributed by atoms with Crippen molar-refractivity contribution in [3.63, 3.8) is 0 Å². The number of sulfonamides is 1. The Balaban J connectivity index is 1.68. The number of piperidine rings is 1. The van der Waals surface area contributed by atoms with Gasteiger partial charge < -0.3 is 5.32 Å². The van der Waals surface area contributed by atoms with Gasteiger partial charge in [0.05, 0.1) is 4.90 Å². The lowest BCUT2D eigenvalue weighted by molar-refractivity contribution is 0.0951. The van der Waals surface area contributed by atoms with E-state index in [1.54, 1.807) is 28.8 Å². The van der Waals surface area contributed by atoms with E-state index < -0.39 is 10.0 Å². The number of hydrogen-bond acceptors (Lipinski definition) is 4. The molecule has 27 heavy (non-hydrogen) atoms. The molecule has 1 amide bonds. The molecule has 0 aliphatic carbocycles. The van der Waals surface area contributed by atoms with Crippen molar-refractivity contribution in [2.45, 2.75) is 31.7 Å². The zero-order chi connectivity index (χ0) is 19.4. The second-order valence-corrected chi connectivity index (χ2v) is 9.27. The highest BCUT2D eigenvalue weighted by molar-refractivity contribution is 7.89. The van der Waals surface area contributed by atoms with Crippen LogP contribution >= 0.6 is 0 Å². The number of aromatic nitrogens is 1. The molecule has 2 atom stereocenters. The standard InChI is InChI=1S/C20H25N3O3S/c1-15-10-16(2)14-23(13-15)27(25,26)19-7-5-18(6-8-19)20(24)22-12-17-4-3-9-21-11-17/h3-9,11,15-16H,10,12-14H2,1-2H3,(H,22,24). The third-order valence-corrected chi connectivity index (χ3v) is 6.61. The van der Waals surface area contributed by atoms with E-state index in [1.165, 1.54) is 12.1 Å². The molecular weight excluding hydrogens is 362 g/mol. The molecule has 0 spiro atoms. The van der Waals surface area contributed by atoms with E-state index in [-0.39, 0.29) is 10.8 Å². The van der Waals surface area contributed by atoms with Gasteiger partial charge >= 0.3 is 0 Å². The molecular formula is C20H25N3O3S. The van der Waals surface area contributed by atoms with Gasteiger partial charge in [-0.25, -0.2) is 8.42 Å². The first-order chi connectivity index (χ1) is 12.9. The number of carbonyl (C=O) groups excluding carboxylic acids is 1. The summed E-state index contributed by atoms with van der Waals surface area (Å²) in [5, 5.41) is 2.81. The molecule has 1 N–H and O–H groups in total. The normalized spacial score (nSPS) is 21.0. The number of amides is 1. The molecule has 1 aromatic carbocycles. The molecule has 2 aromatic rings. The average Bonchev–Trinajstić information content (AvgIpc) is 2.66. The fourth-order valence-electron chi connectivity index (χ4n) is 3.52. The lowest BCUT2D eigenvalue weighted by Gasteiger charge is -2.34. The number of benzene rings is 1. The number of pyridine rings is 1. The van der Waals surface area contributed by atoms with Crippen molar-refractivity contribution in [2.75, 3.05) is 13.1 Å². The van der Waals surface area contributed by atoms with Crippen LogP contribution in [0.3, 0.4) is 0 Å². The summed E-state index contributed by atoms with van der Waals surface area (Å²) in [5.41, 5.74) is 1.33. The predicted molar refractivity (Wildman–Crippen MR) is 104 cm³/mol. The van der Waals surface area contributed by atoms with E-state index in [9.17, 15) is 13.2 Å². The van der Waals surface area contributed by atoms with Crippen LogP contribution in [-0.4, -0.2) is 36.7 Å². The quantitative estimate of drug-likeness (QED) is 0.855. The van der Waals surface area contributed by atoms with Crippen molar-refractivity contribution < 1.29 is 13.2 Å². The maximum atomic E-state index is 12.9. The lowest BCUT2D eigenvalue weighted by atomic mass is 9.94. The third-order valence-electron chi connectivity index (χ3n) is 4.77. The molecule has 2 unspecified atom stereocenters. The van der Waals surface area contributed by atoms with Gasteiger partial charge in [0.2, 0.25) is 10.0 Å². The second kappa shape index (κ2) is 8.19. The fourth-order valence-corrected chi connectivity index (χ4v) is 5.20. The highest BCUT2D eigenvalue weighted by atomic mass is 32.2. The SMILES string of the molecule is CC1CC(C)CN(S(=O)(=O)c2ccc(C(=O)NCc3cccnc3)cc2)C1. The molecule has 1 fully saturated rings. The van der Waals surface area contributed by atoms with Crippen molar-refractivity contribution in [3.05, 3.63) is 59.9 Å². The summed E-state index contributed by atoms with van der Waals surface area (Å²) in [6.45, 7) is 5.61. The molecule has 0 radical (unpaired) electrons. The Kier molecular flexibility index (Phi) is 5.92. The van der Waals surface area contributed by atoms with Crippen LogP contribution in [0.1, 0.15) is 36.2 Å². The minimum atomic E-state index is -3.53. The Morgan fingerprint density at radius 2 is 1.81 bits per heavy atom. The molecule has 3 rings (SSSR count). The highest BCUT2D eigenvalue weighted by Crippen LogP contribution is 2.26. The molecule has 6 nitrogen and oxygen atoms in total. The molecule has 1 aliphatic heterocycles. The Morgan fingerprint density at radius 1 is 1.15 bits per heavy atom. The molecule has 1 aliphatic rings. The summed E-state index contributed by atoms with van der Waals surface area (Å²) in [6.07, 6.45) is 4.41. The van der Waals surface area contributed by atoms with E-state index in [0.717, 1.165) is 12.0 Å². The van der Waals surface area contributed by atoms with Gasteiger partial charge in [-0.05, 0) is 54.2 Å². The lowest BCUT2D eigenvalue weighted by Crippen LogP contribution is -2.42. The van der Waals surface area contributed by atoms with Crippen LogP contribution in [0.25, 0.3) is 0 Å². The zero-order valence-corrected chi connectivity index (χ0v) is 16.4. The topological polar surface area (TPSA) is 79.4 Å². The number of nitrogens with one attached hydrogen (secondary N) is 1. The summed E-state index contributed by atoms with van der Waals surface area (Å²) in [5.74, 6) is 0.449. The molecule has 7 heteroatoms. The monoisotopic (exact) mass is 387 g/mol. The minimum absolute atomic E-state index is 0.229. The Morgan fingerprint density at radius 3 is 2.41 bits per heavy atom. The minimum Gasteiger partial charge on any atom is -0.348 e. The average molecular weight is 388 g/mol. The van der Waals surface area contributed by atoms with Crippen LogP contribution in [0.15, 0.2) is 53.7 Å². The van der Waals surface area contributed by atoms with E-state index in [4.69, 9.17) is 0 Å². The van der Waals surface area contributed by atoms with Gasteiger partial charge in [-0.15, -0.1) is 0 Å². The zero-order valence-electron chi connectivity index (χ0n) is 15.6. The number of rotatable bonds is 5. The van der Waals surface area contributed by atoms with Crippen molar-refractivity contribution >= 4 is 15.9 Å². The number of hydrogen-bond donors (Lipinski definition) is 1. The Labute approximate surface area is 160 Å². The summed E-state index contributed by atoms with van der Waals surface area (Å²) in [4.78, 5) is 16.5. The number of nitrogens with zero attached hydrogens (tertiary/aromatic N) is 2. The largest absolute Gasteiger partial charge is 0.348 e. The molecule has 1 saturated heterocycles. The van der Waals surface area contributed by atoms with Crippen molar-refractivity contribution in [3.8, 4) is 0 Å². The number of carbonyl (C=O) groups is 1.